The minimum absolute atomic E-state index is 0.0834. The zero-order chi connectivity index (χ0) is 12.2. The quantitative estimate of drug-likeness (QED) is 0.729. The summed E-state index contributed by atoms with van der Waals surface area (Å²) in [6, 6.07) is 1.73. The molecular formula is C12H12ClN3O. The molecule has 0 saturated heterocycles. The molecule has 0 radical (unpaired) electrons. The number of rotatable bonds is 1. The molecule has 0 amide bonds. The molecule has 3 rings (SSSR count). The Balaban J connectivity index is 2.38. The second-order valence-electron chi connectivity index (χ2n) is 5.13. The van der Waals surface area contributed by atoms with Crippen LogP contribution in [0, 0.1) is 0 Å². The van der Waals surface area contributed by atoms with Gasteiger partial charge in [0.2, 0.25) is 0 Å². The summed E-state index contributed by atoms with van der Waals surface area (Å²) < 4.78 is 1.77. The molecule has 2 heterocycles. The minimum Gasteiger partial charge on any atom is -0.303 e. The molecule has 4 nitrogen and oxygen atoms in total. The second kappa shape index (κ2) is 3.29. The van der Waals surface area contributed by atoms with Gasteiger partial charge >= 0.3 is 0 Å². The van der Waals surface area contributed by atoms with Gasteiger partial charge in [-0.3, -0.25) is 0 Å². The number of aromatic nitrogens is 3. The van der Waals surface area contributed by atoms with E-state index in [1.807, 2.05) is 0 Å². The number of fused-ring (bicyclic) bond motifs is 3. The number of halogens is 1. The van der Waals surface area contributed by atoms with E-state index in [2.05, 4.69) is 23.9 Å². The average Bonchev–Trinajstić information content (AvgIpc) is 2.75. The van der Waals surface area contributed by atoms with E-state index in [0.29, 0.717) is 5.15 Å². The van der Waals surface area contributed by atoms with Crippen molar-refractivity contribution in [3.63, 3.8) is 0 Å². The van der Waals surface area contributed by atoms with Gasteiger partial charge < -0.3 is 4.79 Å². The van der Waals surface area contributed by atoms with Crippen LogP contribution < -0.4 is 0 Å². The van der Waals surface area contributed by atoms with Crippen molar-refractivity contribution >= 4 is 23.5 Å². The molecular weight excluding hydrogens is 238 g/mol. The summed E-state index contributed by atoms with van der Waals surface area (Å²) in [4.78, 5) is 15.4. The summed E-state index contributed by atoms with van der Waals surface area (Å²) in [5, 5.41) is 4.68. The molecule has 0 spiro atoms. The molecule has 5 heteroatoms. The van der Waals surface area contributed by atoms with E-state index < -0.39 is 0 Å². The lowest BCUT2D eigenvalue weighted by atomic mass is 9.89. The van der Waals surface area contributed by atoms with Crippen LogP contribution in [0.15, 0.2) is 12.3 Å². The van der Waals surface area contributed by atoms with Gasteiger partial charge in [-0.15, -0.1) is 0 Å². The van der Waals surface area contributed by atoms with Gasteiger partial charge in [0.15, 0.2) is 10.8 Å². The molecule has 0 saturated carbocycles. The van der Waals surface area contributed by atoms with Crippen LogP contribution in [0.25, 0.3) is 5.65 Å². The molecule has 0 N–H and O–H groups in total. The highest BCUT2D eigenvalue weighted by Crippen LogP contribution is 2.44. The van der Waals surface area contributed by atoms with Gasteiger partial charge in [0.05, 0.1) is 5.69 Å². The fourth-order valence-corrected chi connectivity index (χ4v) is 2.92. The lowest BCUT2D eigenvalue weighted by Crippen LogP contribution is -2.17. The van der Waals surface area contributed by atoms with E-state index in [1.165, 1.54) is 0 Å². The van der Waals surface area contributed by atoms with Crippen LogP contribution in [-0.2, 0) is 10.2 Å². The molecule has 17 heavy (non-hydrogen) atoms. The number of carbonyl (C=O) groups is 1. The first kappa shape index (κ1) is 10.7. The largest absolute Gasteiger partial charge is 0.303 e. The summed E-state index contributed by atoms with van der Waals surface area (Å²) in [7, 11) is 0. The first-order valence-corrected chi connectivity index (χ1v) is 5.91. The van der Waals surface area contributed by atoms with Gasteiger partial charge in [-0.25, -0.2) is 9.50 Å². The Labute approximate surface area is 104 Å². The predicted molar refractivity (Wildman–Crippen MR) is 64.4 cm³/mol. The van der Waals surface area contributed by atoms with Gasteiger partial charge in [0.25, 0.3) is 0 Å². The molecule has 0 fully saturated rings. The highest BCUT2D eigenvalue weighted by Gasteiger charge is 2.39. The fourth-order valence-electron chi connectivity index (χ4n) is 2.75. The van der Waals surface area contributed by atoms with Crippen molar-refractivity contribution in [3.05, 3.63) is 28.7 Å². The van der Waals surface area contributed by atoms with Gasteiger partial charge in [-0.05, 0) is 6.42 Å². The highest BCUT2D eigenvalue weighted by atomic mass is 35.5. The first-order chi connectivity index (χ1) is 8.03. The van der Waals surface area contributed by atoms with Crippen molar-refractivity contribution in [3.8, 4) is 0 Å². The first-order valence-electron chi connectivity index (χ1n) is 5.53. The van der Waals surface area contributed by atoms with Crippen LogP contribution in [0.3, 0.4) is 0 Å². The van der Waals surface area contributed by atoms with Crippen molar-refractivity contribution < 1.29 is 4.79 Å². The summed E-state index contributed by atoms with van der Waals surface area (Å²) in [6.45, 7) is 4.23. The zero-order valence-corrected chi connectivity index (χ0v) is 10.4. The fraction of sp³-hybridized carbons (Fsp3) is 0.417. The monoisotopic (exact) mass is 249 g/mol. The summed E-state index contributed by atoms with van der Waals surface area (Å²) >= 11 is 5.91. The third kappa shape index (κ3) is 1.40. The summed E-state index contributed by atoms with van der Waals surface area (Å²) in [5.41, 5.74) is 2.66. The van der Waals surface area contributed by atoms with Crippen LogP contribution in [0.5, 0.6) is 0 Å². The molecule has 1 unspecified atom stereocenters. The minimum atomic E-state index is -0.0859. The maximum absolute atomic E-state index is 11.1. The van der Waals surface area contributed by atoms with E-state index in [0.717, 1.165) is 29.6 Å². The molecule has 2 aromatic heterocycles. The van der Waals surface area contributed by atoms with Gasteiger partial charge in [0.1, 0.15) is 6.29 Å². The van der Waals surface area contributed by atoms with Gasteiger partial charge in [0, 0.05) is 29.2 Å². The molecule has 0 aromatic carbocycles. The Bertz CT molecular complexity index is 617. The van der Waals surface area contributed by atoms with E-state index in [9.17, 15) is 4.79 Å². The highest BCUT2D eigenvalue weighted by molar-refractivity contribution is 6.29. The number of nitrogens with zero attached hydrogens (tertiary/aromatic N) is 3. The number of hydrogen-bond acceptors (Lipinski definition) is 3. The van der Waals surface area contributed by atoms with E-state index in [1.54, 1.807) is 16.8 Å². The molecule has 1 aliphatic carbocycles. The summed E-state index contributed by atoms with van der Waals surface area (Å²) in [5.74, 6) is -0.0834. The number of carbonyl (C=O) groups excluding carboxylic acids is 1. The molecule has 0 bridgehead atoms. The van der Waals surface area contributed by atoms with E-state index in [4.69, 9.17) is 11.6 Å². The van der Waals surface area contributed by atoms with Crippen LogP contribution in [-0.4, -0.2) is 20.9 Å². The van der Waals surface area contributed by atoms with Crippen LogP contribution in [0.4, 0.5) is 0 Å². The van der Waals surface area contributed by atoms with Crippen LogP contribution in [0.2, 0.25) is 5.15 Å². The summed E-state index contributed by atoms with van der Waals surface area (Å²) in [6.07, 6.45) is 3.56. The third-order valence-corrected chi connectivity index (χ3v) is 3.60. The molecule has 1 aliphatic rings. The Morgan fingerprint density at radius 3 is 3.06 bits per heavy atom. The van der Waals surface area contributed by atoms with Crippen molar-refractivity contribution in [2.75, 3.05) is 0 Å². The maximum atomic E-state index is 11.1. The van der Waals surface area contributed by atoms with Crippen LogP contribution >= 0.6 is 11.6 Å². The van der Waals surface area contributed by atoms with Gasteiger partial charge in [-0.2, -0.15) is 5.10 Å². The Morgan fingerprint density at radius 2 is 2.35 bits per heavy atom. The molecule has 88 valence electrons. The normalized spacial score (nSPS) is 21.7. The standard InChI is InChI=1S/C12H12ClN3O/c1-12(2)4-7(6-17)8-5-14-10-3-9(13)15-16(10)11(8)12/h3,5-7H,4H2,1-2H3. The maximum Gasteiger partial charge on any atom is 0.156 e. The van der Waals surface area contributed by atoms with E-state index in [-0.39, 0.29) is 11.3 Å². The van der Waals surface area contributed by atoms with Crippen molar-refractivity contribution in [1.82, 2.24) is 14.6 Å². The lowest BCUT2D eigenvalue weighted by molar-refractivity contribution is -0.109. The van der Waals surface area contributed by atoms with E-state index >= 15 is 0 Å². The van der Waals surface area contributed by atoms with Crippen molar-refractivity contribution in [2.45, 2.75) is 31.6 Å². The number of hydrogen-bond donors (Lipinski definition) is 0. The smallest absolute Gasteiger partial charge is 0.156 e. The molecule has 2 aromatic rings. The lowest BCUT2D eigenvalue weighted by Gasteiger charge is -2.19. The number of aldehydes is 1. The average molecular weight is 250 g/mol. The second-order valence-corrected chi connectivity index (χ2v) is 5.52. The van der Waals surface area contributed by atoms with Crippen LogP contribution in [0.1, 0.15) is 37.4 Å². The zero-order valence-electron chi connectivity index (χ0n) is 9.64. The third-order valence-electron chi connectivity index (χ3n) is 3.42. The predicted octanol–water partition coefficient (Wildman–Crippen LogP) is 2.35. The van der Waals surface area contributed by atoms with Crippen molar-refractivity contribution in [1.29, 1.82) is 0 Å². The molecule has 0 aliphatic heterocycles. The molecule has 1 atom stereocenters. The Kier molecular flexibility index (Phi) is 2.08. The Morgan fingerprint density at radius 1 is 1.59 bits per heavy atom. The SMILES string of the molecule is CC1(C)CC(C=O)c2cnc3cc(Cl)nn3c21. The van der Waals surface area contributed by atoms with Crippen molar-refractivity contribution in [2.24, 2.45) is 0 Å². The van der Waals surface area contributed by atoms with Gasteiger partial charge in [-0.1, -0.05) is 25.4 Å². The topological polar surface area (TPSA) is 47.3 Å². The Hall–Kier alpha value is -1.42.